The van der Waals surface area contributed by atoms with E-state index in [-0.39, 0.29) is 5.41 Å². The molecule has 0 saturated carbocycles. The Bertz CT molecular complexity index is 1760. The van der Waals surface area contributed by atoms with E-state index in [0.717, 1.165) is 0 Å². The van der Waals surface area contributed by atoms with E-state index in [4.69, 9.17) is 0 Å². The SMILES string of the molecule is Cc1ccc2c(c1)C(C)(C)c1cc(-c3cc4c(ccc5c4ccc4cc(C)sc45)s3)ccc1-2. The summed E-state index contributed by atoms with van der Waals surface area (Å²) < 4.78 is 2.77. The van der Waals surface area contributed by atoms with E-state index in [9.17, 15) is 0 Å². The first-order valence-electron chi connectivity index (χ1n) is 11.5. The maximum atomic E-state index is 2.44. The number of hydrogen-bond donors (Lipinski definition) is 0. The highest BCUT2D eigenvalue weighted by Crippen LogP contribution is 2.50. The summed E-state index contributed by atoms with van der Waals surface area (Å²) in [5.74, 6) is 0. The topological polar surface area (TPSA) is 0 Å². The van der Waals surface area contributed by atoms with Crippen LogP contribution in [0.2, 0.25) is 0 Å². The van der Waals surface area contributed by atoms with Gasteiger partial charge in [-0.15, -0.1) is 22.7 Å². The van der Waals surface area contributed by atoms with Crippen LogP contribution in [0.25, 0.3) is 52.5 Å². The minimum Gasteiger partial charge on any atom is -0.140 e. The molecular formula is C31H24S2. The molecule has 0 amide bonds. The lowest BCUT2D eigenvalue weighted by Gasteiger charge is -2.22. The first-order chi connectivity index (χ1) is 15.9. The van der Waals surface area contributed by atoms with Gasteiger partial charge in [0.1, 0.15) is 0 Å². The number of hydrogen-bond acceptors (Lipinski definition) is 2. The molecule has 0 N–H and O–H groups in total. The summed E-state index contributed by atoms with van der Waals surface area (Å²) in [5, 5.41) is 5.48. The first kappa shape index (κ1) is 19.5. The molecule has 2 heterocycles. The van der Waals surface area contributed by atoms with E-state index in [2.05, 4.69) is 100 Å². The predicted octanol–water partition coefficient (Wildman–Crippen LogP) is 9.86. The summed E-state index contributed by atoms with van der Waals surface area (Å²) in [6.07, 6.45) is 0. The van der Waals surface area contributed by atoms with Crippen LogP contribution in [-0.4, -0.2) is 0 Å². The van der Waals surface area contributed by atoms with Crippen molar-refractivity contribution in [2.75, 3.05) is 0 Å². The predicted molar refractivity (Wildman–Crippen MR) is 147 cm³/mol. The van der Waals surface area contributed by atoms with Crippen LogP contribution in [0.1, 0.15) is 35.4 Å². The average Bonchev–Trinajstić information content (AvgIpc) is 3.46. The minimum atomic E-state index is 0.0265. The summed E-state index contributed by atoms with van der Waals surface area (Å²) in [7, 11) is 0. The molecule has 33 heavy (non-hydrogen) atoms. The van der Waals surface area contributed by atoms with Gasteiger partial charge in [-0.2, -0.15) is 0 Å². The lowest BCUT2D eigenvalue weighted by atomic mass is 9.81. The third-order valence-electron chi connectivity index (χ3n) is 7.42. The fourth-order valence-electron chi connectivity index (χ4n) is 5.70. The van der Waals surface area contributed by atoms with E-state index >= 15 is 0 Å². The van der Waals surface area contributed by atoms with Crippen molar-refractivity contribution in [1.29, 1.82) is 0 Å². The smallest absolute Gasteiger partial charge is 0.0424 e. The number of rotatable bonds is 1. The Morgan fingerprint density at radius 2 is 1.39 bits per heavy atom. The van der Waals surface area contributed by atoms with Crippen LogP contribution in [0.15, 0.2) is 72.8 Å². The van der Waals surface area contributed by atoms with Crippen LogP contribution in [-0.2, 0) is 5.41 Å². The molecule has 0 aliphatic heterocycles. The maximum absolute atomic E-state index is 2.44. The number of benzene rings is 4. The van der Waals surface area contributed by atoms with Crippen LogP contribution in [0.3, 0.4) is 0 Å². The van der Waals surface area contributed by atoms with E-state index in [1.54, 1.807) is 0 Å². The van der Waals surface area contributed by atoms with Crippen molar-refractivity contribution in [3.8, 4) is 21.6 Å². The molecule has 0 nitrogen and oxygen atoms in total. The second-order valence-corrected chi connectivity index (χ2v) is 12.3. The van der Waals surface area contributed by atoms with Crippen LogP contribution < -0.4 is 0 Å². The van der Waals surface area contributed by atoms with E-state index in [0.29, 0.717) is 0 Å². The Hall–Kier alpha value is -2.94. The van der Waals surface area contributed by atoms with Crippen LogP contribution in [0.5, 0.6) is 0 Å². The Kier molecular flexibility index (Phi) is 3.88. The number of aryl methyl sites for hydroxylation is 2. The molecule has 0 fully saturated rings. The van der Waals surface area contributed by atoms with Gasteiger partial charge in [0, 0.05) is 35.3 Å². The van der Waals surface area contributed by atoms with Gasteiger partial charge in [-0.1, -0.05) is 67.9 Å². The van der Waals surface area contributed by atoms with Crippen LogP contribution in [0.4, 0.5) is 0 Å². The van der Waals surface area contributed by atoms with Gasteiger partial charge in [-0.25, -0.2) is 0 Å². The summed E-state index contributed by atoms with van der Waals surface area (Å²) in [6.45, 7) is 9.13. The number of fused-ring (bicyclic) bond motifs is 8. The summed E-state index contributed by atoms with van der Waals surface area (Å²) in [4.78, 5) is 2.73. The molecule has 0 atom stereocenters. The lowest BCUT2D eigenvalue weighted by molar-refractivity contribution is 0.660. The Labute approximate surface area is 202 Å². The molecule has 0 saturated heterocycles. The third kappa shape index (κ3) is 2.68. The van der Waals surface area contributed by atoms with Gasteiger partial charge in [-0.3, -0.25) is 0 Å². The van der Waals surface area contributed by atoms with Crippen LogP contribution in [0, 0.1) is 13.8 Å². The van der Waals surface area contributed by atoms with E-state index in [1.165, 1.54) is 74.1 Å². The average molecular weight is 461 g/mol. The highest BCUT2D eigenvalue weighted by atomic mass is 32.1. The summed E-state index contributed by atoms with van der Waals surface area (Å²) in [5.41, 5.74) is 8.37. The Morgan fingerprint density at radius 1 is 0.636 bits per heavy atom. The van der Waals surface area contributed by atoms with Crippen LogP contribution >= 0.6 is 22.7 Å². The minimum absolute atomic E-state index is 0.0265. The lowest BCUT2D eigenvalue weighted by Crippen LogP contribution is -2.15. The molecular weight excluding hydrogens is 436 g/mol. The zero-order chi connectivity index (χ0) is 22.5. The monoisotopic (exact) mass is 460 g/mol. The largest absolute Gasteiger partial charge is 0.140 e. The van der Waals surface area contributed by atoms with Crippen molar-refractivity contribution < 1.29 is 0 Å². The second kappa shape index (κ2) is 6.56. The van der Waals surface area contributed by atoms with Crippen molar-refractivity contribution in [2.24, 2.45) is 0 Å². The fourth-order valence-corrected chi connectivity index (χ4v) is 7.81. The zero-order valence-electron chi connectivity index (χ0n) is 19.2. The van der Waals surface area contributed by atoms with Gasteiger partial charge >= 0.3 is 0 Å². The molecule has 6 aromatic rings. The van der Waals surface area contributed by atoms with Gasteiger partial charge in [0.2, 0.25) is 0 Å². The highest BCUT2D eigenvalue weighted by Gasteiger charge is 2.35. The van der Waals surface area contributed by atoms with Crippen molar-refractivity contribution in [3.63, 3.8) is 0 Å². The molecule has 7 rings (SSSR count). The molecule has 1 aliphatic carbocycles. The maximum Gasteiger partial charge on any atom is 0.0424 e. The standard InChI is InChI=1S/C31H24S2/c1-17-5-8-22-23-10-6-19(15-27(23)31(3,4)26(22)13-17)29-16-25-21-9-7-20-14-18(2)32-30(20)24(21)11-12-28(25)33-29/h5-16H,1-4H3. The molecule has 0 radical (unpaired) electrons. The third-order valence-corrected chi connectivity index (χ3v) is 9.67. The summed E-state index contributed by atoms with van der Waals surface area (Å²) in [6, 6.07) is 28.0. The molecule has 0 spiro atoms. The van der Waals surface area contributed by atoms with Crippen molar-refractivity contribution in [3.05, 3.63) is 94.4 Å². The molecule has 0 bridgehead atoms. The Balaban J connectivity index is 1.42. The summed E-state index contributed by atoms with van der Waals surface area (Å²) >= 11 is 3.82. The molecule has 1 aliphatic rings. The van der Waals surface area contributed by atoms with Crippen molar-refractivity contribution >= 4 is 53.6 Å². The molecule has 2 aromatic heterocycles. The quantitative estimate of drug-likeness (QED) is 0.229. The van der Waals surface area contributed by atoms with E-state index in [1.807, 2.05) is 22.7 Å². The van der Waals surface area contributed by atoms with Gasteiger partial charge in [0.25, 0.3) is 0 Å². The second-order valence-electron chi connectivity index (χ2n) is 9.96. The highest BCUT2D eigenvalue weighted by molar-refractivity contribution is 7.22. The molecule has 2 heteroatoms. The van der Waals surface area contributed by atoms with Crippen molar-refractivity contribution in [1.82, 2.24) is 0 Å². The van der Waals surface area contributed by atoms with Gasteiger partial charge in [0.05, 0.1) is 0 Å². The first-order valence-corrected chi connectivity index (χ1v) is 13.2. The molecule has 160 valence electrons. The van der Waals surface area contributed by atoms with Gasteiger partial charge < -0.3 is 0 Å². The molecule has 0 unspecified atom stereocenters. The normalized spacial score (nSPS) is 14.3. The fraction of sp³-hybridized carbons (Fsp3) is 0.161. The molecule has 4 aromatic carbocycles. The zero-order valence-corrected chi connectivity index (χ0v) is 20.9. The number of thiophene rings is 2. The van der Waals surface area contributed by atoms with E-state index < -0.39 is 0 Å². The van der Waals surface area contributed by atoms with Crippen molar-refractivity contribution in [2.45, 2.75) is 33.1 Å². The Morgan fingerprint density at radius 3 is 2.24 bits per heavy atom. The van der Waals surface area contributed by atoms with Gasteiger partial charge in [-0.05, 0) is 76.7 Å². The van der Waals surface area contributed by atoms with Gasteiger partial charge in [0.15, 0.2) is 0 Å².